The fourth-order valence-electron chi connectivity index (χ4n) is 6.20. The van der Waals surface area contributed by atoms with Crippen LogP contribution in [-0.2, 0) is 18.9 Å². The molecule has 21 nitrogen and oxygen atoms in total. The van der Waals surface area contributed by atoms with Crippen LogP contribution in [0.1, 0.15) is 6.92 Å². The lowest BCUT2D eigenvalue weighted by molar-refractivity contribution is -0.318. The van der Waals surface area contributed by atoms with Gasteiger partial charge in [-0.25, -0.2) is 0 Å². The molecule has 21 heteroatoms. The summed E-state index contributed by atoms with van der Waals surface area (Å²) in [7, 11) is 0. The number of aliphatic hydroxyl groups excluding tert-OH is 10. The van der Waals surface area contributed by atoms with Crippen LogP contribution in [0.5, 0.6) is 28.7 Å². The second-order valence-corrected chi connectivity index (χ2v) is 13.0. The van der Waals surface area contributed by atoms with Crippen LogP contribution in [0.3, 0.4) is 0 Å². The smallest absolute Gasteiger partial charge is 0.239 e. The molecule has 0 saturated carbocycles. The number of rotatable bonds is 9. The standard InChI is InChI=1S/C33H40O21/c1-9-17(37)22(42)25(45)31(49-9)48-8-15-19(39)24(44)27(47)33(52-15)54-30-21(41)16-13(50-28(30)10-2-4-11(35)5-3-10)6-12(36)29(20(16)40)53-32-26(46)23(43)18(38)14(7-34)51-32/h2-6,9,14-15,17-19,22-27,31-40,42-47H,7-8H2,1H3/t9-,14+,15+,17-,18+,19+,22-,23-,24-,25+,26+,27+,31+,32-,33-/m1/s1. The summed E-state index contributed by atoms with van der Waals surface area (Å²) in [6.45, 7) is -0.101. The largest absolute Gasteiger partial charge is 0.508 e. The molecule has 0 aliphatic carbocycles. The van der Waals surface area contributed by atoms with E-state index in [2.05, 4.69) is 0 Å². The molecule has 54 heavy (non-hydrogen) atoms. The summed E-state index contributed by atoms with van der Waals surface area (Å²) in [4.78, 5) is 14.2. The first-order valence-corrected chi connectivity index (χ1v) is 16.5. The van der Waals surface area contributed by atoms with Crippen LogP contribution >= 0.6 is 0 Å². The number of aromatic hydroxyl groups is 3. The summed E-state index contributed by atoms with van der Waals surface area (Å²) in [5.74, 6) is -4.27. The molecule has 3 saturated heterocycles. The van der Waals surface area contributed by atoms with Crippen molar-refractivity contribution in [3.8, 4) is 40.1 Å². The van der Waals surface area contributed by atoms with Gasteiger partial charge in [-0.05, 0) is 31.2 Å². The third-order valence-electron chi connectivity index (χ3n) is 9.40. The van der Waals surface area contributed by atoms with Gasteiger partial charge < -0.3 is 99.2 Å². The highest BCUT2D eigenvalue weighted by Gasteiger charge is 2.49. The lowest BCUT2D eigenvalue weighted by atomic mass is 9.98. The normalized spacial score (nSPS) is 37.3. The molecule has 3 aromatic rings. The number of phenolic OH excluding ortho intramolecular Hbond substituents is 3. The van der Waals surface area contributed by atoms with E-state index < -0.39 is 150 Å². The maximum Gasteiger partial charge on any atom is 0.239 e. The van der Waals surface area contributed by atoms with E-state index in [1.807, 2.05) is 0 Å². The minimum atomic E-state index is -2.06. The van der Waals surface area contributed by atoms with Gasteiger partial charge in [0.2, 0.25) is 29.5 Å². The van der Waals surface area contributed by atoms with Crippen LogP contribution in [0, 0.1) is 0 Å². The van der Waals surface area contributed by atoms with E-state index in [0.29, 0.717) is 0 Å². The van der Waals surface area contributed by atoms with Gasteiger partial charge in [0, 0.05) is 11.6 Å². The van der Waals surface area contributed by atoms with Gasteiger partial charge in [-0.3, -0.25) is 4.79 Å². The van der Waals surface area contributed by atoms with Gasteiger partial charge in [-0.1, -0.05) is 0 Å². The van der Waals surface area contributed by atoms with Crippen molar-refractivity contribution >= 4 is 11.0 Å². The fourth-order valence-corrected chi connectivity index (χ4v) is 6.20. The summed E-state index contributed by atoms with van der Waals surface area (Å²) in [5.41, 5.74) is -1.63. The van der Waals surface area contributed by atoms with Crippen LogP contribution in [0.4, 0.5) is 0 Å². The van der Waals surface area contributed by atoms with E-state index in [-0.39, 0.29) is 11.3 Å². The lowest BCUT2D eigenvalue weighted by Crippen LogP contribution is -2.61. The minimum Gasteiger partial charge on any atom is -0.508 e. The first-order chi connectivity index (χ1) is 25.5. The number of phenols is 3. The Labute approximate surface area is 303 Å². The predicted molar refractivity (Wildman–Crippen MR) is 173 cm³/mol. The van der Waals surface area contributed by atoms with Crippen molar-refractivity contribution in [1.29, 1.82) is 0 Å². The Morgan fingerprint density at radius 2 is 1.19 bits per heavy atom. The Bertz CT molecular complexity index is 1830. The maximum absolute atomic E-state index is 14.2. The zero-order valence-corrected chi connectivity index (χ0v) is 28.0. The summed E-state index contributed by atoms with van der Waals surface area (Å²) in [5, 5.41) is 134. The van der Waals surface area contributed by atoms with Gasteiger partial charge in [0.15, 0.2) is 23.5 Å². The first kappa shape index (κ1) is 39.8. The van der Waals surface area contributed by atoms with Crippen molar-refractivity contribution in [2.75, 3.05) is 13.2 Å². The van der Waals surface area contributed by atoms with Crippen LogP contribution < -0.4 is 14.9 Å². The number of aliphatic hydroxyl groups is 10. The van der Waals surface area contributed by atoms with Crippen molar-refractivity contribution in [2.24, 2.45) is 0 Å². The second kappa shape index (κ2) is 15.7. The number of hydrogen-bond donors (Lipinski definition) is 13. The van der Waals surface area contributed by atoms with Crippen molar-refractivity contribution in [1.82, 2.24) is 0 Å². The summed E-state index contributed by atoms with van der Waals surface area (Å²) in [6, 6.07) is 5.85. The van der Waals surface area contributed by atoms with Crippen LogP contribution in [0.2, 0.25) is 0 Å². The maximum atomic E-state index is 14.2. The molecule has 1 aromatic heterocycles. The Kier molecular flexibility index (Phi) is 11.5. The minimum absolute atomic E-state index is 0.0616. The van der Waals surface area contributed by atoms with Gasteiger partial charge >= 0.3 is 0 Å². The molecule has 0 bridgehead atoms. The summed E-state index contributed by atoms with van der Waals surface area (Å²) < 4.78 is 38.9. The van der Waals surface area contributed by atoms with Gasteiger partial charge in [-0.2, -0.15) is 0 Å². The van der Waals surface area contributed by atoms with Crippen molar-refractivity contribution in [3.05, 3.63) is 40.6 Å². The molecule has 3 aliphatic rings. The number of fused-ring (bicyclic) bond motifs is 1. The molecule has 6 rings (SSSR count). The molecule has 0 radical (unpaired) electrons. The molecule has 3 aliphatic heterocycles. The zero-order chi connectivity index (χ0) is 39.3. The van der Waals surface area contributed by atoms with Gasteiger partial charge in [0.25, 0.3) is 0 Å². The predicted octanol–water partition coefficient (Wildman–Crippen LogP) is -4.21. The molecule has 13 N–H and O–H groups in total. The average Bonchev–Trinajstić information content (AvgIpc) is 3.14. The SMILES string of the molecule is C[C@H]1O[C@H](OC[C@@H]2O[C@H](Oc3c(-c4ccc(O)cc4)oc4cc(O)c(O[C@H]5O[C@@H](CO)[C@H](O)[C@@H](O)[C@@H]5O)c(O)c4c3=O)[C@@H](O)[C@H](O)[C@H]2O)[C@@H](O)[C@H](O)[C@@H]1O. The van der Waals surface area contributed by atoms with Gasteiger partial charge in [0.1, 0.15) is 83.9 Å². The number of benzene rings is 2. The molecular formula is C33H40O21. The molecular weight excluding hydrogens is 732 g/mol. The molecule has 15 atom stereocenters. The summed E-state index contributed by atoms with van der Waals surface area (Å²) >= 11 is 0. The van der Waals surface area contributed by atoms with Crippen LogP contribution in [-0.4, -0.2) is 172 Å². The molecule has 2 aromatic carbocycles. The molecule has 0 unspecified atom stereocenters. The van der Waals surface area contributed by atoms with E-state index >= 15 is 0 Å². The van der Waals surface area contributed by atoms with E-state index in [1.165, 1.54) is 31.2 Å². The zero-order valence-electron chi connectivity index (χ0n) is 28.0. The van der Waals surface area contributed by atoms with Crippen molar-refractivity contribution in [2.45, 2.75) is 99.0 Å². The van der Waals surface area contributed by atoms with E-state index in [4.69, 9.17) is 32.8 Å². The van der Waals surface area contributed by atoms with Crippen LogP contribution in [0.15, 0.2) is 39.5 Å². The van der Waals surface area contributed by atoms with E-state index in [0.717, 1.165) is 6.07 Å². The van der Waals surface area contributed by atoms with Crippen molar-refractivity contribution in [3.63, 3.8) is 0 Å². The molecule has 3 fully saturated rings. The Balaban J connectivity index is 1.36. The van der Waals surface area contributed by atoms with E-state index in [9.17, 15) is 71.2 Å². The third-order valence-corrected chi connectivity index (χ3v) is 9.40. The molecule has 298 valence electrons. The van der Waals surface area contributed by atoms with Crippen molar-refractivity contribution < 1.29 is 99.2 Å². The fraction of sp³-hybridized carbons (Fsp3) is 0.545. The highest BCUT2D eigenvalue weighted by Crippen LogP contribution is 2.45. The topological polar surface area (TPSA) is 349 Å². The Hall–Kier alpha value is -3.91. The molecule has 4 heterocycles. The summed E-state index contributed by atoms with van der Waals surface area (Å²) in [6.07, 6.45) is -25.9. The van der Waals surface area contributed by atoms with Gasteiger partial charge in [-0.15, -0.1) is 0 Å². The highest BCUT2D eigenvalue weighted by molar-refractivity contribution is 5.91. The highest BCUT2D eigenvalue weighted by atomic mass is 16.7. The third kappa shape index (κ3) is 7.27. The first-order valence-electron chi connectivity index (χ1n) is 16.5. The average molecular weight is 773 g/mol. The quantitative estimate of drug-likeness (QED) is 0.0980. The number of hydrogen-bond acceptors (Lipinski definition) is 21. The Morgan fingerprint density at radius 1 is 0.648 bits per heavy atom. The molecule has 0 amide bonds. The van der Waals surface area contributed by atoms with Gasteiger partial charge in [0.05, 0.1) is 19.3 Å². The monoisotopic (exact) mass is 772 g/mol. The number of ether oxygens (including phenoxy) is 6. The molecule has 0 spiro atoms. The van der Waals surface area contributed by atoms with E-state index in [1.54, 1.807) is 0 Å². The lowest BCUT2D eigenvalue weighted by Gasteiger charge is -2.42. The van der Waals surface area contributed by atoms with Crippen LogP contribution in [0.25, 0.3) is 22.3 Å². The second-order valence-electron chi connectivity index (χ2n) is 13.0. The Morgan fingerprint density at radius 3 is 1.80 bits per heavy atom.